The molecule has 2 aromatic rings. The van der Waals surface area contributed by atoms with Gasteiger partial charge in [0, 0.05) is 17.2 Å². The SMILES string of the molecule is O=C(COc1cccc(Cl)c1)Oc1ccc([N+](=O)[O-])cc1. The van der Waals surface area contributed by atoms with Crippen molar-refractivity contribution in [3.8, 4) is 11.5 Å². The molecule has 21 heavy (non-hydrogen) atoms. The lowest BCUT2D eigenvalue weighted by atomic mass is 10.3. The Balaban J connectivity index is 1.88. The van der Waals surface area contributed by atoms with E-state index in [4.69, 9.17) is 21.1 Å². The molecule has 0 N–H and O–H groups in total. The molecule has 0 radical (unpaired) electrons. The van der Waals surface area contributed by atoms with Crippen LogP contribution in [0.4, 0.5) is 5.69 Å². The van der Waals surface area contributed by atoms with E-state index >= 15 is 0 Å². The maximum absolute atomic E-state index is 11.6. The van der Waals surface area contributed by atoms with Gasteiger partial charge in [-0.2, -0.15) is 0 Å². The van der Waals surface area contributed by atoms with Crippen LogP contribution in [0.3, 0.4) is 0 Å². The number of nitrogens with zero attached hydrogens (tertiary/aromatic N) is 1. The third kappa shape index (κ3) is 4.47. The van der Waals surface area contributed by atoms with Crippen LogP contribution < -0.4 is 9.47 Å². The quantitative estimate of drug-likeness (QED) is 0.367. The topological polar surface area (TPSA) is 78.7 Å². The van der Waals surface area contributed by atoms with Crippen molar-refractivity contribution >= 4 is 23.3 Å². The van der Waals surface area contributed by atoms with E-state index in [-0.39, 0.29) is 18.0 Å². The number of non-ortho nitro benzene ring substituents is 1. The summed E-state index contributed by atoms with van der Waals surface area (Å²) >= 11 is 5.78. The molecule has 0 saturated carbocycles. The van der Waals surface area contributed by atoms with Crippen LogP contribution >= 0.6 is 11.6 Å². The highest BCUT2D eigenvalue weighted by molar-refractivity contribution is 6.30. The van der Waals surface area contributed by atoms with E-state index in [1.165, 1.54) is 24.3 Å². The molecule has 2 rings (SSSR count). The van der Waals surface area contributed by atoms with Crippen LogP contribution in [0.15, 0.2) is 48.5 Å². The van der Waals surface area contributed by atoms with Gasteiger partial charge in [0.1, 0.15) is 11.5 Å². The zero-order chi connectivity index (χ0) is 15.2. The van der Waals surface area contributed by atoms with Gasteiger partial charge >= 0.3 is 5.97 Å². The maximum atomic E-state index is 11.6. The lowest BCUT2D eigenvalue weighted by molar-refractivity contribution is -0.384. The molecule has 0 aliphatic carbocycles. The summed E-state index contributed by atoms with van der Waals surface area (Å²) in [5.41, 5.74) is -0.0787. The summed E-state index contributed by atoms with van der Waals surface area (Å²) in [6.45, 7) is -0.294. The number of nitro groups is 1. The fourth-order valence-corrected chi connectivity index (χ4v) is 1.68. The lowest BCUT2D eigenvalue weighted by Crippen LogP contribution is -2.17. The Kier molecular flexibility index (Phi) is 4.73. The smallest absolute Gasteiger partial charge is 0.349 e. The minimum atomic E-state index is -0.621. The van der Waals surface area contributed by atoms with Crippen LogP contribution in [0.2, 0.25) is 5.02 Å². The average molecular weight is 308 g/mol. The Morgan fingerprint density at radius 3 is 2.48 bits per heavy atom. The molecule has 0 heterocycles. The molecule has 0 saturated heterocycles. The monoisotopic (exact) mass is 307 g/mol. The van der Waals surface area contributed by atoms with Gasteiger partial charge in [-0.1, -0.05) is 17.7 Å². The van der Waals surface area contributed by atoms with Gasteiger partial charge in [-0.25, -0.2) is 4.79 Å². The second-order valence-corrected chi connectivity index (χ2v) is 4.41. The van der Waals surface area contributed by atoms with Crippen molar-refractivity contribution in [2.75, 3.05) is 6.61 Å². The zero-order valence-corrected chi connectivity index (χ0v) is 11.4. The number of ether oxygens (including phenoxy) is 2. The number of benzene rings is 2. The summed E-state index contributed by atoms with van der Waals surface area (Å²) < 4.78 is 10.2. The molecule has 2 aromatic carbocycles. The van der Waals surface area contributed by atoms with E-state index in [1.807, 2.05) is 0 Å². The van der Waals surface area contributed by atoms with Crippen molar-refractivity contribution in [2.24, 2.45) is 0 Å². The Bertz CT molecular complexity index is 657. The number of carbonyl (C=O) groups excluding carboxylic acids is 1. The molecule has 0 fully saturated rings. The average Bonchev–Trinajstić information content (AvgIpc) is 2.46. The van der Waals surface area contributed by atoms with E-state index < -0.39 is 10.9 Å². The van der Waals surface area contributed by atoms with Crippen molar-refractivity contribution < 1.29 is 19.2 Å². The standard InChI is InChI=1S/C14H10ClNO5/c15-10-2-1-3-13(8-10)20-9-14(17)21-12-6-4-11(5-7-12)16(18)19/h1-8H,9H2. The Labute approximate surface area is 125 Å². The molecule has 0 aliphatic heterocycles. The van der Waals surface area contributed by atoms with Crippen LogP contribution in [0.1, 0.15) is 0 Å². The van der Waals surface area contributed by atoms with Gasteiger partial charge in [0.05, 0.1) is 4.92 Å². The first kappa shape index (κ1) is 14.8. The number of carbonyl (C=O) groups is 1. The number of rotatable bonds is 5. The highest BCUT2D eigenvalue weighted by atomic mass is 35.5. The Hall–Kier alpha value is -2.60. The molecule has 0 spiro atoms. The minimum Gasteiger partial charge on any atom is -0.482 e. The van der Waals surface area contributed by atoms with Crippen molar-refractivity contribution in [1.29, 1.82) is 0 Å². The summed E-state index contributed by atoms with van der Waals surface area (Å²) in [7, 11) is 0. The van der Waals surface area contributed by atoms with Gasteiger partial charge in [0.25, 0.3) is 5.69 Å². The number of nitro benzene ring substituents is 1. The van der Waals surface area contributed by atoms with E-state index in [1.54, 1.807) is 24.3 Å². The molecular formula is C14H10ClNO5. The van der Waals surface area contributed by atoms with E-state index in [0.29, 0.717) is 10.8 Å². The Morgan fingerprint density at radius 1 is 1.14 bits per heavy atom. The van der Waals surface area contributed by atoms with Crippen molar-refractivity contribution in [2.45, 2.75) is 0 Å². The molecular weight excluding hydrogens is 298 g/mol. The highest BCUT2D eigenvalue weighted by Crippen LogP contribution is 2.19. The van der Waals surface area contributed by atoms with Gasteiger partial charge in [0.15, 0.2) is 6.61 Å². The molecule has 6 nitrogen and oxygen atoms in total. The predicted octanol–water partition coefficient (Wildman–Crippen LogP) is 3.23. The third-order valence-corrected chi connectivity index (χ3v) is 2.67. The van der Waals surface area contributed by atoms with Crippen LogP contribution in [0.25, 0.3) is 0 Å². The Morgan fingerprint density at radius 2 is 1.86 bits per heavy atom. The van der Waals surface area contributed by atoms with Crippen LogP contribution in [0, 0.1) is 10.1 Å². The first-order valence-corrected chi connectivity index (χ1v) is 6.26. The predicted molar refractivity (Wildman–Crippen MR) is 75.7 cm³/mol. The maximum Gasteiger partial charge on any atom is 0.349 e. The number of halogens is 1. The van der Waals surface area contributed by atoms with Crippen molar-refractivity contribution in [3.63, 3.8) is 0 Å². The van der Waals surface area contributed by atoms with Crippen molar-refractivity contribution in [1.82, 2.24) is 0 Å². The molecule has 108 valence electrons. The summed E-state index contributed by atoms with van der Waals surface area (Å²) in [6, 6.07) is 11.8. The van der Waals surface area contributed by atoms with Crippen LogP contribution in [-0.2, 0) is 4.79 Å². The molecule has 0 amide bonds. The second-order valence-electron chi connectivity index (χ2n) is 3.97. The third-order valence-electron chi connectivity index (χ3n) is 2.43. The normalized spacial score (nSPS) is 9.95. The van der Waals surface area contributed by atoms with Gasteiger partial charge in [-0.3, -0.25) is 10.1 Å². The number of hydrogen-bond donors (Lipinski definition) is 0. The first-order valence-electron chi connectivity index (χ1n) is 5.88. The molecule has 0 unspecified atom stereocenters. The molecule has 7 heteroatoms. The van der Waals surface area contributed by atoms with E-state index in [2.05, 4.69) is 0 Å². The first-order chi connectivity index (χ1) is 10.0. The number of esters is 1. The fourth-order valence-electron chi connectivity index (χ4n) is 1.50. The van der Waals surface area contributed by atoms with Crippen LogP contribution in [-0.4, -0.2) is 17.5 Å². The summed E-state index contributed by atoms with van der Waals surface area (Å²) in [4.78, 5) is 21.5. The van der Waals surface area contributed by atoms with E-state index in [0.717, 1.165) is 0 Å². The number of hydrogen-bond acceptors (Lipinski definition) is 5. The van der Waals surface area contributed by atoms with Gasteiger partial charge in [-0.05, 0) is 30.3 Å². The fraction of sp³-hybridized carbons (Fsp3) is 0.0714. The van der Waals surface area contributed by atoms with Crippen molar-refractivity contribution in [3.05, 3.63) is 63.7 Å². The van der Waals surface area contributed by atoms with E-state index in [9.17, 15) is 14.9 Å². The van der Waals surface area contributed by atoms with Gasteiger partial charge in [0.2, 0.25) is 0 Å². The largest absolute Gasteiger partial charge is 0.482 e. The molecule has 0 aliphatic rings. The minimum absolute atomic E-state index is 0.0787. The summed E-state index contributed by atoms with van der Waals surface area (Å²) in [6.07, 6.45) is 0. The highest BCUT2D eigenvalue weighted by Gasteiger charge is 2.09. The molecule has 0 bridgehead atoms. The summed E-state index contributed by atoms with van der Waals surface area (Å²) in [5.74, 6) is 0.0345. The van der Waals surface area contributed by atoms with Crippen LogP contribution in [0.5, 0.6) is 11.5 Å². The second kappa shape index (κ2) is 6.71. The summed E-state index contributed by atoms with van der Waals surface area (Å²) in [5, 5.41) is 11.0. The molecule has 0 aromatic heterocycles. The molecule has 0 atom stereocenters. The van der Waals surface area contributed by atoms with Gasteiger partial charge in [-0.15, -0.1) is 0 Å². The van der Waals surface area contributed by atoms with Gasteiger partial charge < -0.3 is 9.47 Å². The zero-order valence-electron chi connectivity index (χ0n) is 10.7. The lowest BCUT2D eigenvalue weighted by Gasteiger charge is -2.06.